The van der Waals surface area contributed by atoms with Gasteiger partial charge >= 0.3 is 17.9 Å². The van der Waals surface area contributed by atoms with E-state index >= 15 is 0 Å². The van der Waals surface area contributed by atoms with Gasteiger partial charge in [0.1, 0.15) is 31.6 Å². The summed E-state index contributed by atoms with van der Waals surface area (Å²) in [6, 6.07) is 6.26. The maximum absolute atomic E-state index is 13.4. The summed E-state index contributed by atoms with van der Waals surface area (Å²) in [6.45, 7) is 0.821. The fourth-order valence-corrected chi connectivity index (χ4v) is 3.67. The van der Waals surface area contributed by atoms with Crippen molar-refractivity contribution in [3.05, 3.63) is 35.9 Å². The third-order valence-corrected chi connectivity index (χ3v) is 5.21. The number of carbonyl (C=O) groups is 4. The molecule has 11 heteroatoms. The first-order valence-corrected chi connectivity index (χ1v) is 10.3. The number of likely N-dealkylation sites (N-methyl/N-ethyl adjacent to an activating group) is 2. The Morgan fingerprint density at radius 1 is 1.12 bits per heavy atom. The number of esters is 3. The third-order valence-electron chi connectivity index (χ3n) is 5.21. The molecule has 0 radical (unpaired) electrons. The van der Waals surface area contributed by atoms with Crippen molar-refractivity contribution in [1.29, 1.82) is 0 Å². The van der Waals surface area contributed by atoms with Gasteiger partial charge in [0.2, 0.25) is 5.91 Å². The lowest BCUT2D eigenvalue weighted by atomic mass is 10.1. The van der Waals surface area contributed by atoms with Crippen molar-refractivity contribution in [3.63, 3.8) is 0 Å². The first-order chi connectivity index (χ1) is 15.7. The van der Waals surface area contributed by atoms with E-state index in [1.54, 1.807) is 42.3 Å². The van der Waals surface area contributed by atoms with Gasteiger partial charge in [-0.2, -0.15) is 0 Å². The van der Waals surface area contributed by atoms with Gasteiger partial charge in [-0.25, -0.2) is 9.59 Å². The Bertz CT molecular complexity index is 832. The van der Waals surface area contributed by atoms with Crippen molar-refractivity contribution in [3.8, 4) is 0 Å². The molecule has 1 saturated heterocycles. The molecule has 0 saturated carbocycles. The molecular weight excluding hydrogens is 436 g/mol. The maximum atomic E-state index is 13.4. The van der Waals surface area contributed by atoms with Gasteiger partial charge in [-0.05, 0) is 19.2 Å². The minimum absolute atomic E-state index is 0.0273. The molecule has 1 fully saturated rings. The van der Waals surface area contributed by atoms with Crippen LogP contribution in [0.15, 0.2) is 30.3 Å². The second-order valence-corrected chi connectivity index (χ2v) is 7.53. The normalized spacial score (nSPS) is 22.3. The molecular formula is C22H30N2O9. The standard InChI is InChI=1S/C22H30N2O9/c1-14(25)33-16-11-23(2)18(20(26)24(3)19(16)22(28)30-5)17(32-13-29-4)12-31-21(27)15-9-7-6-8-10-15/h6-10,16-19H,11-13H2,1-5H3/t16-,17+,18-,19+/m0/s1. The zero-order chi connectivity index (χ0) is 24.5. The van der Waals surface area contributed by atoms with Crippen LogP contribution >= 0.6 is 0 Å². The van der Waals surface area contributed by atoms with E-state index in [9.17, 15) is 19.2 Å². The molecule has 0 spiro atoms. The van der Waals surface area contributed by atoms with E-state index in [0.717, 1.165) is 4.90 Å². The molecule has 0 aromatic heterocycles. The van der Waals surface area contributed by atoms with Crippen molar-refractivity contribution in [2.45, 2.75) is 31.2 Å². The summed E-state index contributed by atoms with van der Waals surface area (Å²) in [5.74, 6) is -2.41. The number of hydrogen-bond acceptors (Lipinski definition) is 10. The number of benzene rings is 1. The quantitative estimate of drug-likeness (QED) is 0.281. The number of nitrogens with zero attached hydrogens (tertiary/aromatic N) is 2. The van der Waals surface area contributed by atoms with E-state index in [0.29, 0.717) is 5.56 Å². The first kappa shape index (κ1) is 26.2. The van der Waals surface area contributed by atoms with Crippen LogP contribution in [0, 0.1) is 0 Å². The highest BCUT2D eigenvalue weighted by molar-refractivity contribution is 5.90. The number of methoxy groups -OCH3 is 2. The molecule has 1 aromatic rings. The van der Waals surface area contributed by atoms with E-state index in [1.165, 1.54) is 28.2 Å². The number of rotatable bonds is 9. The van der Waals surface area contributed by atoms with E-state index in [2.05, 4.69) is 0 Å². The van der Waals surface area contributed by atoms with Crippen LogP contribution in [0.2, 0.25) is 0 Å². The summed E-state index contributed by atoms with van der Waals surface area (Å²) >= 11 is 0. The second-order valence-electron chi connectivity index (χ2n) is 7.53. The molecule has 182 valence electrons. The smallest absolute Gasteiger partial charge is 0.338 e. The van der Waals surface area contributed by atoms with Crippen molar-refractivity contribution < 1.29 is 42.9 Å². The number of carbonyl (C=O) groups excluding carboxylic acids is 4. The molecule has 1 heterocycles. The number of amides is 1. The maximum Gasteiger partial charge on any atom is 0.338 e. The van der Waals surface area contributed by atoms with Crippen LogP contribution < -0.4 is 0 Å². The monoisotopic (exact) mass is 466 g/mol. The van der Waals surface area contributed by atoms with Gasteiger partial charge in [-0.1, -0.05) is 18.2 Å². The average Bonchev–Trinajstić information content (AvgIpc) is 2.88. The minimum Gasteiger partial charge on any atom is -0.467 e. The SMILES string of the molecule is COCO[C@H](COC(=O)c1ccccc1)[C@H]1C(=O)N(C)[C@@H](C(=O)OC)[C@@H](OC(C)=O)CN1C. The van der Waals surface area contributed by atoms with E-state index in [-0.39, 0.29) is 19.9 Å². The Morgan fingerprint density at radius 2 is 1.79 bits per heavy atom. The van der Waals surface area contributed by atoms with Crippen molar-refractivity contribution in [2.24, 2.45) is 0 Å². The molecule has 0 N–H and O–H groups in total. The van der Waals surface area contributed by atoms with Crippen LogP contribution in [0.1, 0.15) is 17.3 Å². The highest BCUT2D eigenvalue weighted by Gasteiger charge is 2.47. The van der Waals surface area contributed by atoms with Crippen LogP contribution in [0.3, 0.4) is 0 Å². The van der Waals surface area contributed by atoms with Crippen LogP contribution in [0.25, 0.3) is 0 Å². The van der Waals surface area contributed by atoms with Gasteiger partial charge in [-0.15, -0.1) is 0 Å². The zero-order valence-electron chi connectivity index (χ0n) is 19.4. The highest BCUT2D eigenvalue weighted by Crippen LogP contribution is 2.22. The molecule has 33 heavy (non-hydrogen) atoms. The van der Waals surface area contributed by atoms with Gasteiger partial charge in [0, 0.05) is 27.6 Å². The van der Waals surface area contributed by atoms with Crippen LogP contribution in [0.5, 0.6) is 0 Å². The van der Waals surface area contributed by atoms with Crippen molar-refractivity contribution in [1.82, 2.24) is 9.80 Å². The molecule has 11 nitrogen and oxygen atoms in total. The molecule has 1 aliphatic rings. The minimum atomic E-state index is -1.16. The summed E-state index contributed by atoms with van der Waals surface area (Å²) in [6.07, 6.45) is -1.92. The van der Waals surface area contributed by atoms with Gasteiger partial charge < -0.3 is 28.6 Å². The topological polar surface area (TPSA) is 121 Å². The summed E-state index contributed by atoms with van der Waals surface area (Å²) in [4.78, 5) is 52.7. The Hall–Kier alpha value is -3.02. The predicted molar refractivity (Wildman–Crippen MR) is 114 cm³/mol. The fraction of sp³-hybridized carbons (Fsp3) is 0.545. The van der Waals surface area contributed by atoms with Crippen LogP contribution in [-0.2, 0) is 38.1 Å². The summed E-state index contributed by atoms with van der Waals surface area (Å²) in [7, 11) is 5.64. The van der Waals surface area contributed by atoms with Gasteiger partial charge in [0.05, 0.1) is 12.7 Å². The summed E-state index contributed by atoms with van der Waals surface area (Å²) in [5, 5.41) is 0. The summed E-state index contributed by atoms with van der Waals surface area (Å²) < 4.78 is 26.2. The van der Waals surface area contributed by atoms with Crippen molar-refractivity contribution in [2.75, 3.05) is 48.3 Å². The van der Waals surface area contributed by atoms with E-state index < -0.39 is 48.1 Å². The Labute approximate surface area is 192 Å². The lowest BCUT2D eigenvalue weighted by molar-refractivity contribution is -0.164. The molecule has 1 aliphatic heterocycles. The molecule has 1 amide bonds. The van der Waals surface area contributed by atoms with Gasteiger partial charge in [-0.3, -0.25) is 14.5 Å². The lowest BCUT2D eigenvalue weighted by Crippen LogP contribution is -2.55. The van der Waals surface area contributed by atoms with Crippen LogP contribution in [0.4, 0.5) is 0 Å². The molecule has 0 aliphatic carbocycles. The van der Waals surface area contributed by atoms with Gasteiger partial charge in [0.25, 0.3) is 0 Å². The lowest BCUT2D eigenvalue weighted by Gasteiger charge is -2.32. The Kier molecular flexibility index (Phi) is 9.76. The Morgan fingerprint density at radius 3 is 2.36 bits per heavy atom. The average molecular weight is 466 g/mol. The third kappa shape index (κ3) is 6.73. The van der Waals surface area contributed by atoms with Crippen LogP contribution in [-0.4, -0.2) is 106 Å². The molecule has 0 unspecified atom stereocenters. The molecule has 1 aromatic carbocycles. The Balaban J connectivity index is 2.30. The van der Waals surface area contributed by atoms with Gasteiger partial charge in [0.15, 0.2) is 6.04 Å². The fourth-order valence-electron chi connectivity index (χ4n) is 3.67. The predicted octanol–water partition coefficient (Wildman–Crippen LogP) is 0.0782. The second kappa shape index (κ2) is 12.3. The number of hydrogen-bond donors (Lipinski definition) is 0. The molecule has 0 bridgehead atoms. The highest BCUT2D eigenvalue weighted by atomic mass is 16.7. The number of ether oxygens (including phenoxy) is 5. The zero-order valence-corrected chi connectivity index (χ0v) is 19.4. The van der Waals surface area contributed by atoms with Crippen molar-refractivity contribution >= 4 is 23.8 Å². The van der Waals surface area contributed by atoms with E-state index in [4.69, 9.17) is 23.7 Å². The van der Waals surface area contributed by atoms with E-state index in [1.807, 2.05) is 0 Å². The molecule has 2 rings (SSSR count). The largest absolute Gasteiger partial charge is 0.467 e. The molecule has 4 atom stereocenters. The first-order valence-electron chi connectivity index (χ1n) is 10.3. The summed E-state index contributed by atoms with van der Waals surface area (Å²) in [5.41, 5.74) is 0.348.